The molecule has 0 atom stereocenters. The third-order valence-electron chi connectivity index (χ3n) is 3.10. The number of halogens is 1. The SMILES string of the molecule is O=c1c(=Cc2ccco2)sc2nc(-c3ccc(F)cc3)nn12. The standard InChI is InChI=1S/C15H8FN3O2S/c16-10-5-3-9(4-6-10)13-17-15-19(18-13)14(20)12(22-15)8-11-2-1-7-21-11/h1-8H. The van der Waals surface area contributed by atoms with Gasteiger partial charge in [-0.2, -0.15) is 9.50 Å². The molecule has 0 N–H and O–H groups in total. The van der Waals surface area contributed by atoms with Crippen molar-refractivity contribution < 1.29 is 8.81 Å². The van der Waals surface area contributed by atoms with E-state index in [1.54, 1.807) is 36.6 Å². The molecule has 0 aliphatic rings. The van der Waals surface area contributed by atoms with Crippen LogP contribution in [0, 0.1) is 5.82 Å². The zero-order chi connectivity index (χ0) is 15.1. The van der Waals surface area contributed by atoms with Crippen molar-refractivity contribution in [3.05, 3.63) is 69.1 Å². The maximum atomic E-state index is 12.9. The van der Waals surface area contributed by atoms with E-state index in [0.717, 1.165) is 0 Å². The van der Waals surface area contributed by atoms with Crippen LogP contribution in [0.4, 0.5) is 4.39 Å². The highest BCUT2D eigenvalue weighted by atomic mass is 32.1. The second-order valence-corrected chi connectivity index (χ2v) is 5.58. The minimum atomic E-state index is -0.329. The molecule has 4 aromatic rings. The molecule has 0 spiro atoms. The molecule has 1 aromatic carbocycles. The molecule has 0 saturated carbocycles. The Kier molecular flexibility index (Phi) is 2.87. The molecule has 7 heteroatoms. The number of thiazole rings is 1. The summed E-state index contributed by atoms with van der Waals surface area (Å²) < 4.78 is 19.9. The Labute approximate surface area is 127 Å². The number of benzene rings is 1. The molecule has 0 radical (unpaired) electrons. The van der Waals surface area contributed by atoms with E-state index in [1.165, 1.54) is 28.0 Å². The molecule has 0 aliphatic heterocycles. The van der Waals surface area contributed by atoms with Gasteiger partial charge in [-0.1, -0.05) is 11.3 Å². The summed E-state index contributed by atoms with van der Waals surface area (Å²) in [6, 6.07) is 9.33. The summed E-state index contributed by atoms with van der Waals surface area (Å²) in [6.45, 7) is 0. The molecule has 0 aliphatic carbocycles. The Bertz CT molecular complexity index is 1050. The average molecular weight is 313 g/mol. The summed E-state index contributed by atoms with van der Waals surface area (Å²) in [5.41, 5.74) is 0.408. The topological polar surface area (TPSA) is 60.4 Å². The van der Waals surface area contributed by atoms with Crippen LogP contribution in [0.1, 0.15) is 5.76 Å². The third kappa shape index (κ3) is 2.11. The second-order valence-electron chi connectivity index (χ2n) is 4.57. The quantitative estimate of drug-likeness (QED) is 0.568. The Morgan fingerprint density at radius 1 is 1.23 bits per heavy atom. The molecule has 108 valence electrons. The zero-order valence-electron chi connectivity index (χ0n) is 11.1. The molecule has 4 rings (SSSR count). The highest BCUT2D eigenvalue weighted by Gasteiger charge is 2.12. The number of furan rings is 1. The van der Waals surface area contributed by atoms with Crippen LogP contribution in [0.2, 0.25) is 0 Å². The van der Waals surface area contributed by atoms with Gasteiger partial charge in [-0.05, 0) is 36.4 Å². The summed E-state index contributed by atoms with van der Waals surface area (Å²) in [6.07, 6.45) is 3.20. The van der Waals surface area contributed by atoms with Gasteiger partial charge in [-0.3, -0.25) is 4.79 Å². The maximum absolute atomic E-state index is 12.9. The van der Waals surface area contributed by atoms with Gasteiger partial charge < -0.3 is 4.42 Å². The molecule has 0 fully saturated rings. The van der Waals surface area contributed by atoms with Gasteiger partial charge in [0.2, 0.25) is 4.96 Å². The highest BCUT2D eigenvalue weighted by Crippen LogP contribution is 2.16. The monoisotopic (exact) mass is 313 g/mol. The lowest BCUT2D eigenvalue weighted by Gasteiger charge is -1.93. The fraction of sp³-hybridized carbons (Fsp3) is 0. The first-order chi connectivity index (χ1) is 10.7. The average Bonchev–Trinajstić information content (AvgIpc) is 3.21. The fourth-order valence-corrected chi connectivity index (χ4v) is 2.95. The van der Waals surface area contributed by atoms with Crippen LogP contribution >= 0.6 is 11.3 Å². The van der Waals surface area contributed by atoms with Crippen LogP contribution < -0.4 is 10.1 Å². The van der Waals surface area contributed by atoms with E-state index in [-0.39, 0.29) is 11.4 Å². The van der Waals surface area contributed by atoms with Gasteiger partial charge >= 0.3 is 0 Å². The van der Waals surface area contributed by atoms with Crippen molar-refractivity contribution in [2.24, 2.45) is 0 Å². The molecular weight excluding hydrogens is 305 g/mol. The smallest absolute Gasteiger partial charge is 0.291 e. The number of hydrogen-bond donors (Lipinski definition) is 0. The van der Waals surface area contributed by atoms with Gasteiger partial charge in [0.15, 0.2) is 5.82 Å². The van der Waals surface area contributed by atoms with Crippen molar-refractivity contribution in [3.8, 4) is 11.4 Å². The van der Waals surface area contributed by atoms with E-state index in [4.69, 9.17) is 4.42 Å². The van der Waals surface area contributed by atoms with E-state index in [0.29, 0.717) is 26.6 Å². The van der Waals surface area contributed by atoms with Crippen molar-refractivity contribution in [3.63, 3.8) is 0 Å². The molecule has 3 heterocycles. The molecule has 0 saturated heterocycles. The Balaban J connectivity index is 1.84. The Morgan fingerprint density at radius 3 is 2.73 bits per heavy atom. The van der Waals surface area contributed by atoms with Crippen LogP contribution in [0.25, 0.3) is 22.4 Å². The molecule has 3 aromatic heterocycles. The minimum Gasteiger partial charge on any atom is -0.465 e. The number of fused-ring (bicyclic) bond motifs is 1. The molecule has 0 amide bonds. The lowest BCUT2D eigenvalue weighted by Crippen LogP contribution is -2.23. The van der Waals surface area contributed by atoms with Gasteiger partial charge in [-0.15, -0.1) is 5.10 Å². The van der Waals surface area contributed by atoms with Gasteiger partial charge in [0, 0.05) is 11.6 Å². The summed E-state index contributed by atoms with van der Waals surface area (Å²) in [4.78, 5) is 17.1. The summed E-state index contributed by atoms with van der Waals surface area (Å²) >= 11 is 1.23. The number of hydrogen-bond acceptors (Lipinski definition) is 5. The van der Waals surface area contributed by atoms with Crippen molar-refractivity contribution in [1.29, 1.82) is 0 Å². The van der Waals surface area contributed by atoms with Gasteiger partial charge in [0.1, 0.15) is 16.1 Å². The van der Waals surface area contributed by atoms with Gasteiger partial charge in [0.05, 0.1) is 6.26 Å². The highest BCUT2D eigenvalue weighted by molar-refractivity contribution is 7.15. The van der Waals surface area contributed by atoms with Crippen molar-refractivity contribution in [2.75, 3.05) is 0 Å². The normalized spacial score (nSPS) is 12.3. The third-order valence-corrected chi connectivity index (χ3v) is 4.06. The van der Waals surface area contributed by atoms with Crippen LogP contribution in [0.15, 0.2) is 51.9 Å². The lowest BCUT2D eigenvalue weighted by atomic mass is 10.2. The Morgan fingerprint density at radius 2 is 2.05 bits per heavy atom. The number of nitrogens with zero attached hydrogens (tertiary/aromatic N) is 3. The van der Waals surface area contributed by atoms with Gasteiger partial charge in [0.25, 0.3) is 5.56 Å². The number of rotatable bonds is 2. The predicted molar refractivity (Wildman–Crippen MR) is 80.0 cm³/mol. The summed E-state index contributed by atoms with van der Waals surface area (Å²) in [7, 11) is 0. The first kappa shape index (κ1) is 12.9. The van der Waals surface area contributed by atoms with Gasteiger partial charge in [-0.25, -0.2) is 4.39 Å². The number of aromatic nitrogens is 3. The Hall–Kier alpha value is -2.80. The van der Waals surface area contributed by atoms with E-state index in [1.807, 2.05) is 0 Å². The molecule has 0 bridgehead atoms. The summed E-state index contributed by atoms with van der Waals surface area (Å²) in [5.74, 6) is 0.665. The predicted octanol–water partition coefficient (Wildman–Crippen LogP) is 2.10. The van der Waals surface area contributed by atoms with E-state index in [9.17, 15) is 9.18 Å². The summed E-state index contributed by atoms with van der Waals surface area (Å²) in [5, 5.41) is 4.19. The van der Waals surface area contributed by atoms with E-state index >= 15 is 0 Å². The fourth-order valence-electron chi connectivity index (χ4n) is 2.06. The maximum Gasteiger partial charge on any atom is 0.291 e. The van der Waals surface area contributed by atoms with Crippen LogP contribution in [0.3, 0.4) is 0 Å². The van der Waals surface area contributed by atoms with Crippen LogP contribution in [-0.2, 0) is 0 Å². The largest absolute Gasteiger partial charge is 0.465 e. The van der Waals surface area contributed by atoms with Crippen molar-refractivity contribution in [2.45, 2.75) is 0 Å². The molecular formula is C15H8FN3O2S. The van der Waals surface area contributed by atoms with Crippen molar-refractivity contribution in [1.82, 2.24) is 14.6 Å². The minimum absolute atomic E-state index is 0.253. The van der Waals surface area contributed by atoms with Crippen LogP contribution in [-0.4, -0.2) is 14.6 Å². The van der Waals surface area contributed by atoms with Crippen molar-refractivity contribution >= 4 is 22.4 Å². The van der Waals surface area contributed by atoms with Crippen LogP contribution in [0.5, 0.6) is 0 Å². The molecule has 5 nitrogen and oxygen atoms in total. The molecule has 0 unspecified atom stereocenters. The van der Waals surface area contributed by atoms with E-state index < -0.39 is 0 Å². The first-order valence-corrected chi connectivity index (χ1v) is 7.23. The zero-order valence-corrected chi connectivity index (χ0v) is 11.9. The first-order valence-electron chi connectivity index (χ1n) is 6.41. The van der Waals surface area contributed by atoms with E-state index in [2.05, 4.69) is 10.1 Å². The lowest BCUT2D eigenvalue weighted by molar-refractivity contribution is 0.556. The molecule has 22 heavy (non-hydrogen) atoms. The second kappa shape index (κ2) is 4.88.